The molecule has 1 fully saturated rings. The Hall–Kier alpha value is -2.60. The quantitative estimate of drug-likeness (QED) is 0.718. The average Bonchev–Trinajstić information content (AvgIpc) is 3.02. The van der Waals surface area contributed by atoms with E-state index in [9.17, 15) is 9.59 Å². The zero-order chi connectivity index (χ0) is 21.8. The number of hydrogen-bond acceptors (Lipinski definition) is 3. The predicted molar refractivity (Wildman–Crippen MR) is 121 cm³/mol. The number of carbonyl (C=O) groups excluding carboxylic acids is 2. The summed E-state index contributed by atoms with van der Waals surface area (Å²) >= 11 is 0. The third kappa shape index (κ3) is 4.26. The molecule has 1 aromatic heterocycles. The summed E-state index contributed by atoms with van der Waals surface area (Å²) in [6, 6.07) is 14.1. The van der Waals surface area contributed by atoms with Crippen LogP contribution in [0, 0.1) is 0 Å². The Morgan fingerprint density at radius 1 is 1.06 bits per heavy atom. The van der Waals surface area contributed by atoms with Crippen LogP contribution >= 0.6 is 0 Å². The lowest BCUT2D eigenvalue weighted by atomic mass is 9.93. The first kappa shape index (κ1) is 21.6. The van der Waals surface area contributed by atoms with Crippen molar-refractivity contribution in [3.05, 3.63) is 48.2 Å². The van der Waals surface area contributed by atoms with Crippen LogP contribution in [0.1, 0.15) is 55.9 Å². The number of methoxy groups -OCH3 is 1. The van der Waals surface area contributed by atoms with Gasteiger partial charge < -0.3 is 19.5 Å². The summed E-state index contributed by atoms with van der Waals surface area (Å²) in [7, 11) is 1.62. The molecule has 1 aliphatic heterocycles. The first-order chi connectivity index (χ1) is 15.0. The van der Waals surface area contributed by atoms with E-state index >= 15 is 0 Å². The molecule has 6 nitrogen and oxygen atoms in total. The van der Waals surface area contributed by atoms with Crippen molar-refractivity contribution in [1.82, 2.24) is 14.8 Å². The fourth-order valence-electron chi connectivity index (χ4n) is 4.93. The van der Waals surface area contributed by atoms with Gasteiger partial charge in [0.15, 0.2) is 0 Å². The highest BCUT2D eigenvalue weighted by molar-refractivity contribution is 6.00. The first-order valence-corrected chi connectivity index (χ1v) is 11.4. The van der Waals surface area contributed by atoms with E-state index in [1.54, 1.807) is 12.0 Å². The fraction of sp³-hybridized carbons (Fsp3) is 0.520. The van der Waals surface area contributed by atoms with Gasteiger partial charge in [0.25, 0.3) is 5.91 Å². The second kappa shape index (κ2) is 9.27. The van der Waals surface area contributed by atoms with Crippen molar-refractivity contribution in [2.45, 2.75) is 63.6 Å². The summed E-state index contributed by atoms with van der Waals surface area (Å²) in [5.41, 5.74) is 1.65. The monoisotopic (exact) mass is 423 g/mol. The highest BCUT2D eigenvalue weighted by Gasteiger charge is 2.48. The number of fused-ring (bicyclic) bond motifs is 1. The van der Waals surface area contributed by atoms with Crippen molar-refractivity contribution in [1.29, 1.82) is 0 Å². The van der Waals surface area contributed by atoms with Gasteiger partial charge in [-0.2, -0.15) is 0 Å². The summed E-state index contributed by atoms with van der Waals surface area (Å²) < 4.78 is 7.27. The SMILES string of the molecule is COCCN1C(=O)c2ccc(-c3ccccc3)n2CC1(C)C(=O)NC1CCCCCC1. The van der Waals surface area contributed by atoms with Gasteiger partial charge in [0, 0.05) is 25.4 Å². The van der Waals surface area contributed by atoms with Gasteiger partial charge in [-0.05, 0) is 37.5 Å². The Bertz CT molecular complexity index is 915. The van der Waals surface area contributed by atoms with Gasteiger partial charge in [-0.3, -0.25) is 9.59 Å². The smallest absolute Gasteiger partial charge is 0.271 e. The van der Waals surface area contributed by atoms with E-state index in [4.69, 9.17) is 4.74 Å². The standard InChI is InChI=1S/C25H33N3O3/c1-25(24(30)26-20-12-8-3-4-9-13-20)18-27-21(19-10-6-5-7-11-19)14-15-22(27)23(29)28(25)16-17-31-2/h5-7,10-11,14-15,20H,3-4,8-9,12-13,16-18H2,1-2H3,(H,26,30). The molecule has 1 aromatic carbocycles. The average molecular weight is 424 g/mol. The number of rotatable bonds is 6. The number of nitrogens with one attached hydrogen (secondary N) is 1. The normalized spacial score (nSPS) is 22.1. The van der Waals surface area contributed by atoms with E-state index in [0.717, 1.165) is 36.9 Å². The largest absolute Gasteiger partial charge is 0.383 e. The van der Waals surface area contributed by atoms with Crippen LogP contribution in [0.5, 0.6) is 0 Å². The minimum atomic E-state index is -0.975. The molecule has 0 radical (unpaired) electrons. The number of carbonyl (C=O) groups is 2. The van der Waals surface area contributed by atoms with Crippen molar-refractivity contribution in [2.24, 2.45) is 0 Å². The van der Waals surface area contributed by atoms with Crippen LogP contribution in [0.4, 0.5) is 0 Å². The molecule has 2 aliphatic rings. The Morgan fingerprint density at radius 3 is 2.42 bits per heavy atom. The summed E-state index contributed by atoms with van der Waals surface area (Å²) in [5.74, 6) is -0.189. The number of aromatic nitrogens is 1. The number of ether oxygens (including phenoxy) is 1. The van der Waals surface area contributed by atoms with Gasteiger partial charge >= 0.3 is 0 Å². The van der Waals surface area contributed by atoms with Crippen LogP contribution in [-0.2, 0) is 16.1 Å². The number of benzene rings is 1. The zero-order valence-corrected chi connectivity index (χ0v) is 18.6. The van der Waals surface area contributed by atoms with Crippen molar-refractivity contribution in [2.75, 3.05) is 20.3 Å². The molecule has 0 saturated heterocycles. The molecule has 4 rings (SSSR count). The van der Waals surface area contributed by atoms with E-state index in [-0.39, 0.29) is 17.9 Å². The fourth-order valence-corrected chi connectivity index (χ4v) is 4.93. The van der Waals surface area contributed by atoms with Crippen molar-refractivity contribution < 1.29 is 14.3 Å². The highest BCUT2D eigenvalue weighted by Crippen LogP contribution is 2.33. The van der Waals surface area contributed by atoms with E-state index in [1.165, 1.54) is 12.8 Å². The van der Waals surface area contributed by atoms with Crippen LogP contribution in [-0.4, -0.2) is 53.1 Å². The van der Waals surface area contributed by atoms with Gasteiger partial charge in [-0.15, -0.1) is 0 Å². The van der Waals surface area contributed by atoms with E-state index in [2.05, 4.69) is 5.32 Å². The van der Waals surface area contributed by atoms with Gasteiger partial charge in [0.2, 0.25) is 5.91 Å². The third-order valence-electron chi connectivity index (χ3n) is 6.77. The van der Waals surface area contributed by atoms with Gasteiger partial charge in [-0.25, -0.2) is 0 Å². The molecule has 166 valence electrons. The van der Waals surface area contributed by atoms with Crippen LogP contribution in [0.3, 0.4) is 0 Å². The van der Waals surface area contributed by atoms with Gasteiger partial charge in [0.05, 0.1) is 13.2 Å². The zero-order valence-electron chi connectivity index (χ0n) is 18.6. The minimum Gasteiger partial charge on any atom is -0.383 e. The lowest BCUT2D eigenvalue weighted by molar-refractivity contribution is -0.134. The molecule has 31 heavy (non-hydrogen) atoms. The molecule has 2 heterocycles. The maximum absolute atomic E-state index is 13.6. The topological polar surface area (TPSA) is 63.6 Å². The molecule has 1 atom stereocenters. The molecule has 1 unspecified atom stereocenters. The third-order valence-corrected chi connectivity index (χ3v) is 6.77. The molecule has 1 saturated carbocycles. The maximum Gasteiger partial charge on any atom is 0.271 e. The lowest BCUT2D eigenvalue weighted by Gasteiger charge is -2.44. The van der Waals surface area contributed by atoms with Gasteiger partial charge in [-0.1, -0.05) is 56.0 Å². The molecular formula is C25H33N3O3. The van der Waals surface area contributed by atoms with Crippen LogP contribution < -0.4 is 5.32 Å². The van der Waals surface area contributed by atoms with Crippen molar-refractivity contribution in [3.8, 4) is 11.3 Å². The Balaban J connectivity index is 1.67. The van der Waals surface area contributed by atoms with E-state index in [1.807, 2.05) is 54.0 Å². The number of hydrogen-bond donors (Lipinski definition) is 1. The molecule has 0 bridgehead atoms. The van der Waals surface area contributed by atoms with Crippen molar-refractivity contribution in [3.63, 3.8) is 0 Å². The summed E-state index contributed by atoms with van der Waals surface area (Å²) in [4.78, 5) is 28.8. The second-order valence-corrected chi connectivity index (χ2v) is 8.94. The predicted octanol–water partition coefficient (Wildman–Crippen LogP) is 3.86. The molecule has 1 aliphatic carbocycles. The Labute approximate surface area is 184 Å². The van der Waals surface area contributed by atoms with Crippen molar-refractivity contribution >= 4 is 11.8 Å². The van der Waals surface area contributed by atoms with Crippen LogP contribution in [0.25, 0.3) is 11.3 Å². The minimum absolute atomic E-state index is 0.0674. The number of amides is 2. The van der Waals surface area contributed by atoms with Gasteiger partial charge in [0.1, 0.15) is 11.2 Å². The first-order valence-electron chi connectivity index (χ1n) is 11.4. The Kier molecular flexibility index (Phi) is 6.46. The summed E-state index contributed by atoms with van der Waals surface area (Å²) in [5, 5.41) is 3.29. The summed E-state index contributed by atoms with van der Waals surface area (Å²) in [6.45, 7) is 3.10. The van der Waals surface area contributed by atoms with E-state index in [0.29, 0.717) is 25.4 Å². The molecule has 0 spiro atoms. The molecular weight excluding hydrogens is 390 g/mol. The number of nitrogens with zero attached hydrogens (tertiary/aromatic N) is 2. The molecule has 1 N–H and O–H groups in total. The summed E-state index contributed by atoms with van der Waals surface area (Å²) in [6.07, 6.45) is 6.78. The second-order valence-electron chi connectivity index (χ2n) is 8.94. The lowest BCUT2D eigenvalue weighted by Crippen LogP contribution is -2.65. The Morgan fingerprint density at radius 2 is 1.74 bits per heavy atom. The van der Waals surface area contributed by atoms with Crippen LogP contribution in [0.15, 0.2) is 42.5 Å². The molecule has 6 heteroatoms. The van der Waals surface area contributed by atoms with Crippen LogP contribution in [0.2, 0.25) is 0 Å². The van der Waals surface area contributed by atoms with E-state index < -0.39 is 5.54 Å². The molecule has 2 amide bonds. The highest BCUT2D eigenvalue weighted by atomic mass is 16.5. The maximum atomic E-state index is 13.6. The molecule has 2 aromatic rings.